The van der Waals surface area contributed by atoms with Crippen LogP contribution in [0, 0.1) is 0 Å². The monoisotopic (exact) mass is 249 g/mol. The Morgan fingerprint density at radius 1 is 1.28 bits per heavy atom. The summed E-state index contributed by atoms with van der Waals surface area (Å²) in [6.07, 6.45) is 12.3. The van der Waals surface area contributed by atoms with Crippen molar-refractivity contribution < 1.29 is 0 Å². The molecule has 1 heterocycles. The fraction of sp³-hybridized carbons (Fsp3) is 0.714. The summed E-state index contributed by atoms with van der Waals surface area (Å²) < 4.78 is 1.69. The van der Waals surface area contributed by atoms with E-state index in [1.54, 1.807) is 17.0 Å². The zero-order valence-corrected chi connectivity index (χ0v) is 11.2. The van der Waals surface area contributed by atoms with Gasteiger partial charge in [-0.2, -0.15) is 0 Å². The van der Waals surface area contributed by atoms with Crippen molar-refractivity contribution in [3.05, 3.63) is 22.7 Å². The molecular formula is C14H23N3O. The van der Waals surface area contributed by atoms with E-state index in [0.29, 0.717) is 18.4 Å². The predicted octanol–water partition coefficient (Wildman–Crippen LogP) is 2.79. The van der Waals surface area contributed by atoms with Gasteiger partial charge in [0, 0.05) is 25.0 Å². The molecule has 0 bridgehead atoms. The van der Waals surface area contributed by atoms with Crippen LogP contribution in [0.5, 0.6) is 0 Å². The van der Waals surface area contributed by atoms with Gasteiger partial charge in [0.2, 0.25) is 0 Å². The third kappa shape index (κ3) is 3.34. The Balaban J connectivity index is 2.05. The average molecular weight is 249 g/mol. The van der Waals surface area contributed by atoms with Crippen molar-refractivity contribution in [1.82, 2.24) is 9.55 Å². The quantitative estimate of drug-likeness (QED) is 0.896. The lowest BCUT2D eigenvalue weighted by atomic mass is 9.97. The zero-order chi connectivity index (χ0) is 12.8. The van der Waals surface area contributed by atoms with Crippen LogP contribution >= 0.6 is 0 Å². The van der Waals surface area contributed by atoms with Crippen LogP contribution in [0.15, 0.2) is 17.2 Å². The highest BCUT2D eigenvalue weighted by atomic mass is 16.1. The van der Waals surface area contributed by atoms with Crippen molar-refractivity contribution in [1.29, 1.82) is 0 Å². The van der Waals surface area contributed by atoms with Gasteiger partial charge >= 0.3 is 0 Å². The molecule has 4 nitrogen and oxygen atoms in total. The summed E-state index contributed by atoms with van der Waals surface area (Å²) in [4.78, 5) is 16.3. The molecule has 2 rings (SSSR count). The Kier molecular flexibility index (Phi) is 4.79. The molecule has 1 N–H and O–H groups in total. The average Bonchev–Trinajstić information content (AvgIpc) is 2.34. The molecule has 18 heavy (non-hydrogen) atoms. The van der Waals surface area contributed by atoms with E-state index in [0.717, 1.165) is 12.8 Å². The second kappa shape index (κ2) is 6.57. The maximum absolute atomic E-state index is 12.1. The summed E-state index contributed by atoms with van der Waals surface area (Å²) in [5.74, 6) is 0.518. The first-order valence-corrected chi connectivity index (χ1v) is 7.13. The molecule has 4 heteroatoms. The molecule has 1 fully saturated rings. The van der Waals surface area contributed by atoms with Crippen molar-refractivity contribution in [2.24, 2.45) is 0 Å². The van der Waals surface area contributed by atoms with Gasteiger partial charge in [-0.15, -0.1) is 0 Å². The molecule has 1 aromatic heterocycles. The van der Waals surface area contributed by atoms with E-state index in [1.165, 1.54) is 32.1 Å². The van der Waals surface area contributed by atoms with Gasteiger partial charge in [0.25, 0.3) is 5.56 Å². The minimum absolute atomic E-state index is 0.00191. The lowest BCUT2D eigenvalue weighted by molar-refractivity contribution is 0.470. The molecule has 1 saturated carbocycles. The summed E-state index contributed by atoms with van der Waals surface area (Å²) in [5, 5.41) is 3.35. The molecule has 0 aliphatic heterocycles. The van der Waals surface area contributed by atoms with Gasteiger partial charge in [-0.25, -0.2) is 4.98 Å². The van der Waals surface area contributed by atoms with Gasteiger partial charge in [0.15, 0.2) is 5.82 Å². The standard InChI is InChI=1S/C14H23N3O/c1-2-17-11-10-15-13(14(17)18)16-12-8-6-4-3-5-7-9-12/h10-12H,2-9H2,1H3,(H,15,16). The van der Waals surface area contributed by atoms with Gasteiger partial charge in [-0.05, 0) is 19.8 Å². The number of hydrogen-bond acceptors (Lipinski definition) is 3. The molecule has 1 aliphatic carbocycles. The number of rotatable bonds is 3. The number of anilines is 1. The van der Waals surface area contributed by atoms with E-state index < -0.39 is 0 Å². The lowest BCUT2D eigenvalue weighted by Gasteiger charge is -2.21. The smallest absolute Gasteiger partial charge is 0.293 e. The van der Waals surface area contributed by atoms with Crippen molar-refractivity contribution in [2.75, 3.05) is 5.32 Å². The van der Waals surface area contributed by atoms with E-state index in [9.17, 15) is 4.79 Å². The summed E-state index contributed by atoms with van der Waals surface area (Å²) in [7, 11) is 0. The van der Waals surface area contributed by atoms with Crippen LogP contribution in [0.3, 0.4) is 0 Å². The molecule has 0 unspecified atom stereocenters. The summed E-state index contributed by atoms with van der Waals surface area (Å²) >= 11 is 0. The normalized spacial score (nSPS) is 18.1. The van der Waals surface area contributed by atoms with Crippen molar-refractivity contribution in [3.63, 3.8) is 0 Å². The number of aromatic nitrogens is 2. The highest BCUT2D eigenvalue weighted by molar-refractivity contribution is 5.32. The van der Waals surface area contributed by atoms with Gasteiger partial charge in [-0.1, -0.05) is 32.1 Å². The van der Waals surface area contributed by atoms with Crippen LogP contribution in [0.1, 0.15) is 51.9 Å². The predicted molar refractivity (Wildman–Crippen MR) is 73.9 cm³/mol. The number of nitrogens with zero attached hydrogens (tertiary/aromatic N) is 2. The Morgan fingerprint density at radius 3 is 2.61 bits per heavy atom. The first-order valence-electron chi connectivity index (χ1n) is 7.13. The van der Waals surface area contributed by atoms with Crippen LogP contribution in [0.2, 0.25) is 0 Å². The van der Waals surface area contributed by atoms with Gasteiger partial charge in [0.1, 0.15) is 0 Å². The fourth-order valence-electron chi connectivity index (χ4n) is 2.59. The number of nitrogens with one attached hydrogen (secondary N) is 1. The van der Waals surface area contributed by atoms with Crippen molar-refractivity contribution in [3.8, 4) is 0 Å². The number of hydrogen-bond donors (Lipinski definition) is 1. The molecule has 0 atom stereocenters. The lowest BCUT2D eigenvalue weighted by Crippen LogP contribution is -2.29. The summed E-state index contributed by atoms with van der Waals surface area (Å²) in [6, 6.07) is 0.415. The SMILES string of the molecule is CCn1ccnc(NC2CCCCCCC2)c1=O. The first kappa shape index (κ1) is 13.1. The second-order valence-electron chi connectivity index (χ2n) is 5.05. The first-order chi connectivity index (χ1) is 8.81. The maximum Gasteiger partial charge on any atom is 0.293 e. The van der Waals surface area contributed by atoms with E-state index in [1.807, 2.05) is 6.92 Å². The minimum Gasteiger partial charge on any atom is -0.363 e. The highest BCUT2D eigenvalue weighted by Crippen LogP contribution is 2.18. The molecule has 0 spiro atoms. The van der Waals surface area contributed by atoms with Crippen molar-refractivity contribution in [2.45, 2.75) is 64.5 Å². The highest BCUT2D eigenvalue weighted by Gasteiger charge is 2.13. The molecule has 0 aromatic carbocycles. The summed E-state index contributed by atoms with van der Waals surface area (Å²) in [6.45, 7) is 2.67. The Morgan fingerprint density at radius 2 is 1.94 bits per heavy atom. The number of aryl methyl sites for hydroxylation is 1. The molecular weight excluding hydrogens is 226 g/mol. The van der Waals surface area contributed by atoms with E-state index in [2.05, 4.69) is 10.3 Å². The third-order valence-electron chi connectivity index (χ3n) is 3.70. The molecule has 1 aromatic rings. The summed E-state index contributed by atoms with van der Waals surface area (Å²) in [5.41, 5.74) is 0.00191. The van der Waals surface area contributed by atoms with E-state index >= 15 is 0 Å². The van der Waals surface area contributed by atoms with Gasteiger partial charge in [-0.3, -0.25) is 4.79 Å². The van der Waals surface area contributed by atoms with Crippen molar-refractivity contribution >= 4 is 5.82 Å². The molecule has 0 saturated heterocycles. The third-order valence-corrected chi connectivity index (χ3v) is 3.70. The minimum atomic E-state index is 0.00191. The topological polar surface area (TPSA) is 46.9 Å². The fourth-order valence-corrected chi connectivity index (χ4v) is 2.59. The van der Waals surface area contributed by atoms with Gasteiger partial charge in [0.05, 0.1) is 0 Å². The van der Waals surface area contributed by atoms with Crippen LogP contribution < -0.4 is 10.9 Å². The largest absolute Gasteiger partial charge is 0.363 e. The van der Waals surface area contributed by atoms with Crippen LogP contribution in [0.4, 0.5) is 5.82 Å². The van der Waals surface area contributed by atoms with Gasteiger partial charge < -0.3 is 9.88 Å². The van der Waals surface area contributed by atoms with Crippen LogP contribution in [-0.4, -0.2) is 15.6 Å². The molecule has 100 valence electrons. The Bertz CT molecular complexity index is 419. The van der Waals surface area contributed by atoms with E-state index in [-0.39, 0.29) is 5.56 Å². The molecule has 0 amide bonds. The van der Waals surface area contributed by atoms with E-state index in [4.69, 9.17) is 0 Å². The zero-order valence-electron chi connectivity index (χ0n) is 11.2. The maximum atomic E-state index is 12.1. The molecule has 1 aliphatic rings. The van der Waals surface area contributed by atoms with Crippen LogP contribution in [0.25, 0.3) is 0 Å². The molecule has 0 radical (unpaired) electrons. The van der Waals surface area contributed by atoms with Crippen LogP contribution in [-0.2, 0) is 6.54 Å². The Labute approximate surface area is 108 Å². The second-order valence-corrected chi connectivity index (χ2v) is 5.05. The Hall–Kier alpha value is -1.32.